The number of hydrogen-bond acceptors (Lipinski definition) is 6. The van der Waals surface area contributed by atoms with Crippen molar-refractivity contribution in [1.29, 1.82) is 0 Å². The second kappa shape index (κ2) is 10.3. The van der Waals surface area contributed by atoms with Crippen LogP contribution in [-0.4, -0.2) is 47.0 Å². The Morgan fingerprint density at radius 3 is 1.98 bits per heavy atom. The topological polar surface area (TPSA) is 101 Å². The van der Waals surface area contributed by atoms with E-state index in [4.69, 9.17) is 4.74 Å². The van der Waals surface area contributed by atoms with Gasteiger partial charge in [0, 0.05) is 11.1 Å². The lowest BCUT2D eigenvalue weighted by atomic mass is 10.0. The molecule has 8 nitrogen and oxygen atoms in total. The number of nitrogens with zero attached hydrogens (tertiary/aromatic N) is 2. The minimum absolute atomic E-state index is 0.0966. The van der Waals surface area contributed by atoms with E-state index in [9.17, 15) is 24.0 Å². The highest BCUT2D eigenvalue weighted by atomic mass is 16.5. The van der Waals surface area contributed by atoms with E-state index < -0.39 is 35.8 Å². The highest BCUT2D eigenvalue weighted by Crippen LogP contribution is 2.46. The minimum atomic E-state index is -0.688. The number of rotatable bonds is 7. The molecule has 0 bridgehead atoms. The summed E-state index contributed by atoms with van der Waals surface area (Å²) in [6, 6.07) is 27.4. The fraction of sp³-hybridized carbons (Fsp3) is 0.121. The van der Waals surface area contributed by atoms with E-state index in [1.807, 2.05) is 36.4 Å². The van der Waals surface area contributed by atoms with Crippen molar-refractivity contribution < 1.29 is 28.7 Å². The van der Waals surface area contributed by atoms with Gasteiger partial charge in [0.25, 0.3) is 17.7 Å². The molecule has 1 fully saturated rings. The van der Waals surface area contributed by atoms with Crippen LogP contribution in [0, 0.1) is 0 Å². The van der Waals surface area contributed by atoms with Crippen LogP contribution < -0.4 is 4.90 Å². The molecule has 2 heterocycles. The number of fused-ring (bicyclic) bond motifs is 1. The molecular weight excluding hydrogens is 520 g/mol. The number of carbonyl (C=O) groups is 5. The van der Waals surface area contributed by atoms with Crippen molar-refractivity contribution in [2.75, 3.05) is 11.5 Å². The summed E-state index contributed by atoms with van der Waals surface area (Å²) < 4.78 is 4.99. The van der Waals surface area contributed by atoms with Crippen molar-refractivity contribution in [1.82, 2.24) is 4.90 Å². The zero-order valence-electron chi connectivity index (χ0n) is 22.0. The van der Waals surface area contributed by atoms with E-state index in [-0.39, 0.29) is 29.1 Å². The molecule has 202 valence electrons. The van der Waals surface area contributed by atoms with Crippen molar-refractivity contribution in [3.8, 4) is 0 Å². The van der Waals surface area contributed by atoms with Gasteiger partial charge in [-0.05, 0) is 55.0 Å². The maximum absolute atomic E-state index is 13.8. The summed E-state index contributed by atoms with van der Waals surface area (Å²) in [5.41, 5.74) is 2.40. The normalized spacial score (nSPS) is 17.3. The summed E-state index contributed by atoms with van der Waals surface area (Å²) in [6.45, 7) is 1.93. The van der Waals surface area contributed by atoms with E-state index in [1.165, 1.54) is 47.4 Å². The van der Waals surface area contributed by atoms with E-state index in [2.05, 4.69) is 0 Å². The lowest BCUT2D eigenvalue weighted by Crippen LogP contribution is -2.29. The van der Waals surface area contributed by atoms with Gasteiger partial charge in [0.05, 0.1) is 35.0 Å². The first kappa shape index (κ1) is 25.9. The third kappa shape index (κ3) is 4.49. The number of ketones is 1. The summed E-state index contributed by atoms with van der Waals surface area (Å²) in [5, 5.41) is 0. The second-order valence-electron chi connectivity index (χ2n) is 9.72. The van der Waals surface area contributed by atoms with Crippen molar-refractivity contribution in [3.05, 3.63) is 137 Å². The Balaban J connectivity index is 1.28. The second-order valence-corrected chi connectivity index (χ2v) is 9.72. The number of anilines is 1. The zero-order chi connectivity index (χ0) is 28.7. The van der Waals surface area contributed by atoms with Crippen LogP contribution in [0.1, 0.15) is 70.3 Å². The number of amides is 3. The Morgan fingerprint density at radius 2 is 1.32 bits per heavy atom. The standard InChI is InChI=1S/C33H24N2O6/c1-2-41-33(40)22-13-16-24(17-14-22)34-31(38)25-18-15-23(19-26(25)32(34)39)30(37)35-27(20-9-5-3-6-10-20)28(35)29(36)21-11-7-4-8-12-21/h3-19,27-28H,2H2,1H3/t27-,28-,35?/m1/s1. The van der Waals surface area contributed by atoms with Crippen LogP contribution in [0.2, 0.25) is 0 Å². The summed E-state index contributed by atoms with van der Waals surface area (Å²) in [5.74, 6) is -2.19. The number of carbonyl (C=O) groups excluding carboxylic acids is 5. The van der Waals surface area contributed by atoms with Gasteiger partial charge in [-0.3, -0.25) is 19.2 Å². The Labute approximate surface area is 235 Å². The third-order valence-electron chi connectivity index (χ3n) is 7.28. The van der Waals surface area contributed by atoms with Gasteiger partial charge in [-0.25, -0.2) is 9.69 Å². The number of ether oxygens (including phenoxy) is 1. The van der Waals surface area contributed by atoms with E-state index >= 15 is 0 Å². The molecule has 0 saturated carbocycles. The van der Waals surface area contributed by atoms with Gasteiger partial charge in [0.1, 0.15) is 6.04 Å². The average molecular weight is 545 g/mol. The molecular formula is C33H24N2O6. The van der Waals surface area contributed by atoms with Crippen LogP contribution in [0.25, 0.3) is 0 Å². The molecule has 2 atom stereocenters. The van der Waals surface area contributed by atoms with Crippen molar-refractivity contribution >= 4 is 35.2 Å². The smallest absolute Gasteiger partial charge is 0.338 e. The number of benzene rings is 4. The lowest BCUT2D eigenvalue weighted by molar-refractivity contribution is 0.0526. The number of hydrogen-bond donors (Lipinski definition) is 0. The van der Waals surface area contributed by atoms with Crippen LogP contribution in [0.5, 0.6) is 0 Å². The Hall–Kier alpha value is -5.37. The summed E-state index contributed by atoms with van der Waals surface area (Å²) >= 11 is 0. The quantitative estimate of drug-likeness (QED) is 0.139. The Bertz CT molecular complexity index is 1700. The number of imide groups is 1. The predicted molar refractivity (Wildman–Crippen MR) is 150 cm³/mol. The van der Waals surface area contributed by atoms with Gasteiger partial charge in [0.2, 0.25) is 0 Å². The zero-order valence-corrected chi connectivity index (χ0v) is 22.0. The van der Waals surface area contributed by atoms with Gasteiger partial charge in [-0.2, -0.15) is 0 Å². The molecule has 2 aliphatic rings. The summed E-state index contributed by atoms with van der Waals surface area (Å²) in [6.07, 6.45) is 0. The van der Waals surface area contributed by atoms with E-state index in [0.29, 0.717) is 16.8 Å². The van der Waals surface area contributed by atoms with Crippen LogP contribution in [-0.2, 0) is 4.74 Å². The van der Waals surface area contributed by atoms with Gasteiger partial charge in [-0.1, -0.05) is 60.7 Å². The molecule has 4 aromatic carbocycles. The van der Waals surface area contributed by atoms with Crippen LogP contribution in [0.3, 0.4) is 0 Å². The highest BCUT2D eigenvalue weighted by Gasteiger charge is 2.56. The number of esters is 1. The van der Waals surface area contributed by atoms with Crippen molar-refractivity contribution in [3.63, 3.8) is 0 Å². The van der Waals surface area contributed by atoms with Crippen molar-refractivity contribution in [2.45, 2.75) is 19.0 Å². The van der Waals surface area contributed by atoms with Gasteiger partial charge < -0.3 is 9.64 Å². The first-order valence-electron chi connectivity index (χ1n) is 13.2. The van der Waals surface area contributed by atoms with E-state index in [1.54, 1.807) is 31.2 Å². The van der Waals surface area contributed by atoms with Crippen LogP contribution in [0.4, 0.5) is 5.69 Å². The largest absolute Gasteiger partial charge is 0.462 e. The van der Waals surface area contributed by atoms with E-state index in [0.717, 1.165) is 10.5 Å². The molecule has 0 unspecified atom stereocenters. The first-order valence-corrected chi connectivity index (χ1v) is 13.2. The van der Waals surface area contributed by atoms with Crippen LogP contribution in [0.15, 0.2) is 103 Å². The number of Topliss-reactive ketones (excluding diaryl/α,β-unsaturated/α-hetero) is 1. The Kier molecular flexibility index (Phi) is 6.51. The molecule has 3 amide bonds. The molecule has 6 rings (SSSR count). The monoisotopic (exact) mass is 544 g/mol. The fourth-order valence-corrected chi connectivity index (χ4v) is 5.24. The average Bonchev–Trinajstić information content (AvgIpc) is 3.71. The molecule has 8 heteroatoms. The lowest BCUT2D eigenvalue weighted by Gasteiger charge is -2.14. The van der Waals surface area contributed by atoms with Crippen molar-refractivity contribution in [2.24, 2.45) is 0 Å². The summed E-state index contributed by atoms with van der Waals surface area (Å²) in [4.78, 5) is 68.2. The molecule has 0 aliphatic carbocycles. The minimum Gasteiger partial charge on any atom is -0.462 e. The molecule has 0 N–H and O–H groups in total. The predicted octanol–water partition coefficient (Wildman–Crippen LogP) is 5.11. The fourth-order valence-electron chi connectivity index (χ4n) is 5.24. The molecule has 2 aliphatic heterocycles. The molecule has 4 aromatic rings. The third-order valence-corrected chi connectivity index (χ3v) is 7.28. The van der Waals surface area contributed by atoms with Crippen LogP contribution >= 0.6 is 0 Å². The van der Waals surface area contributed by atoms with Gasteiger partial charge >= 0.3 is 5.97 Å². The maximum Gasteiger partial charge on any atom is 0.338 e. The highest BCUT2D eigenvalue weighted by molar-refractivity contribution is 6.34. The molecule has 0 spiro atoms. The molecule has 0 radical (unpaired) electrons. The summed E-state index contributed by atoms with van der Waals surface area (Å²) in [7, 11) is 0. The SMILES string of the molecule is CCOC(=O)c1ccc(N2C(=O)c3ccc(C(=O)N4[C@H](c5ccccc5)[C@@H]4C(=O)c4ccccc4)cc3C2=O)cc1. The molecule has 41 heavy (non-hydrogen) atoms. The van der Waals surface area contributed by atoms with Gasteiger partial charge in [-0.15, -0.1) is 0 Å². The first-order chi connectivity index (χ1) is 19.9. The Morgan fingerprint density at radius 1 is 0.707 bits per heavy atom. The van der Waals surface area contributed by atoms with Gasteiger partial charge in [0.15, 0.2) is 5.78 Å². The molecule has 0 aromatic heterocycles. The maximum atomic E-state index is 13.8. The molecule has 1 saturated heterocycles.